The maximum absolute atomic E-state index is 11.9. The zero-order valence-electron chi connectivity index (χ0n) is 12.8. The second-order valence-electron chi connectivity index (χ2n) is 5.01. The fraction of sp³-hybridized carbons (Fsp3) is 0.250. The third-order valence-electron chi connectivity index (χ3n) is 3.12. The molecule has 0 bridgehead atoms. The largest absolute Gasteiger partial charge is 0.334 e. The number of aromatic nitrogens is 1. The molecule has 2 aromatic rings. The van der Waals surface area contributed by atoms with Gasteiger partial charge in [-0.25, -0.2) is 13.2 Å². The second-order valence-corrected chi connectivity index (χ2v) is 7.12. The van der Waals surface area contributed by atoms with Crippen molar-refractivity contribution in [1.29, 1.82) is 0 Å². The Balaban J connectivity index is 1.92. The van der Waals surface area contributed by atoms with Crippen LogP contribution in [0, 0.1) is 0 Å². The molecule has 0 aliphatic heterocycles. The van der Waals surface area contributed by atoms with Crippen molar-refractivity contribution in [3.8, 4) is 0 Å². The van der Waals surface area contributed by atoms with Gasteiger partial charge in [-0.2, -0.15) is 0 Å². The standard InChI is InChI=1S/C16H19N3O3S/c1-2-10-23(21,22)15-7-5-14(6-8-15)19-16(20)18-12-13-4-3-9-17-11-13/h3-9,11H,2,10,12H2,1H3,(H2,18,19,20). The normalized spacial score (nSPS) is 11.0. The first-order valence-corrected chi connectivity index (χ1v) is 8.93. The molecule has 2 N–H and O–H groups in total. The summed E-state index contributed by atoms with van der Waals surface area (Å²) in [6, 6.07) is 9.45. The van der Waals surface area contributed by atoms with Gasteiger partial charge in [0.1, 0.15) is 0 Å². The van der Waals surface area contributed by atoms with Crippen LogP contribution in [-0.2, 0) is 16.4 Å². The number of nitrogens with one attached hydrogen (secondary N) is 2. The fourth-order valence-electron chi connectivity index (χ4n) is 1.99. The molecule has 0 saturated heterocycles. The molecule has 2 amide bonds. The molecule has 0 aliphatic rings. The summed E-state index contributed by atoms with van der Waals surface area (Å²) in [6.45, 7) is 2.18. The van der Waals surface area contributed by atoms with E-state index in [1.165, 1.54) is 12.1 Å². The van der Waals surface area contributed by atoms with Crippen LogP contribution in [0.4, 0.5) is 10.5 Å². The molecule has 0 fully saturated rings. The number of urea groups is 1. The van der Waals surface area contributed by atoms with Gasteiger partial charge < -0.3 is 10.6 Å². The Morgan fingerprint density at radius 3 is 2.52 bits per heavy atom. The Labute approximate surface area is 135 Å². The molecule has 1 aromatic carbocycles. The van der Waals surface area contributed by atoms with E-state index in [-0.39, 0.29) is 16.7 Å². The summed E-state index contributed by atoms with van der Waals surface area (Å²) in [6.07, 6.45) is 3.91. The highest BCUT2D eigenvalue weighted by atomic mass is 32.2. The van der Waals surface area contributed by atoms with Gasteiger partial charge in [0.05, 0.1) is 10.6 Å². The van der Waals surface area contributed by atoms with Gasteiger partial charge in [0.2, 0.25) is 0 Å². The van der Waals surface area contributed by atoms with E-state index in [9.17, 15) is 13.2 Å². The quantitative estimate of drug-likeness (QED) is 0.850. The Hall–Kier alpha value is -2.41. The first-order valence-electron chi connectivity index (χ1n) is 7.28. The predicted molar refractivity (Wildman–Crippen MR) is 88.9 cm³/mol. The average Bonchev–Trinajstić information content (AvgIpc) is 2.54. The molecule has 0 unspecified atom stereocenters. The molecule has 0 radical (unpaired) electrons. The number of hydrogen-bond acceptors (Lipinski definition) is 4. The molecule has 1 heterocycles. The minimum Gasteiger partial charge on any atom is -0.334 e. The third-order valence-corrected chi connectivity index (χ3v) is 5.06. The van der Waals surface area contributed by atoms with Gasteiger partial charge in [0.25, 0.3) is 0 Å². The molecule has 0 atom stereocenters. The molecule has 7 heteroatoms. The van der Waals surface area contributed by atoms with Crippen molar-refractivity contribution in [1.82, 2.24) is 10.3 Å². The topological polar surface area (TPSA) is 88.2 Å². The smallest absolute Gasteiger partial charge is 0.319 e. The van der Waals surface area contributed by atoms with Crippen LogP contribution in [0.25, 0.3) is 0 Å². The van der Waals surface area contributed by atoms with E-state index in [0.717, 1.165) is 5.56 Å². The zero-order valence-corrected chi connectivity index (χ0v) is 13.6. The molecule has 0 saturated carbocycles. The van der Waals surface area contributed by atoms with Crippen LogP contribution in [0.3, 0.4) is 0 Å². The molecule has 0 spiro atoms. The molecule has 1 aromatic heterocycles. The van der Waals surface area contributed by atoms with Gasteiger partial charge >= 0.3 is 6.03 Å². The SMILES string of the molecule is CCCS(=O)(=O)c1ccc(NC(=O)NCc2cccnc2)cc1. The van der Waals surface area contributed by atoms with E-state index in [0.29, 0.717) is 18.7 Å². The van der Waals surface area contributed by atoms with Gasteiger partial charge in [-0.3, -0.25) is 4.98 Å². The number of carbonyl (C=O) groups is 1. The summed E-state index contributed by atoms with van der Waals surface area (Å²) in [5.41, 5.74) is 1.42. The second kappa shape index (κ2) is 7.73. The predicted octanol–water partition coefficient (Wildman–Crippen LogP) is 2.59. The van der Waals surface area contributed by atoms with Crippen LogP contribution in [0.1, 0.15) is 18.9 Å². The van der Waals surface area contributed by atoms with Crippen molar-refractivity contribution in [2.24, 2.45) is 0 Å². The number of sulfone groups is 1. The van der Waals surface area contributed by atoms with Crippen molar-refractivity contribution < 1.29 is 13.2 Å². The van der Waals surface area contributed by atoms with Crippen molar-refractivity contribution in [3.63, 3.8) is 0 Å². The third kappa shape index (κ3) is 5.07. The lowest BCUT2D eigenvalue weighted by Gasteiger charge is -2.08. The summed E-state index contributed by atoms with van der Waals surface area (Å²) in [5, 5.41) is 5.36. The summed E-state index contributed by atoms with van der Waals surface area (Å²) < 4.78 is 23.8. The number of amides is 2. The number of nitrogens with zero attached hydrogens (tertiary/aromatic N) is 1. The van der Waals surface area contributed by atoms with Crippen molar-refractivity contribution >= 4 is 21.6 Å². The number of pyridine rings is 1. The average molecular weight is 333 g/mol. The molecule has 2 rings (SSSR count). The first-order chi connectivity index (χ1) is 11.0. The van der Waals surface area contributed by atoms with Gasteiger partial charge in [-0.15, -0.1) is 0 Å². The van der Waals surface area contributed by atoms with Crippen LogP contribution >= 0.6 is 0 Å². The minimum absolute atomic E-state index is 0.116. The first kappa shape index (κ1) is 17.0. The highest BCUT2D eigenvalue weighted by Crippen LogP contribution is 2.16. The van der Waals surface area contributed by atoms with E-state index >= 15 is 0 Å². The number of rotatable bonds is 6. The Kier molecular flexibility index (Phi) is 5.70. The monoisotopic (exact) mass is 333 g/mol. The lowest BCUT2D eigenvalue weighted by Crippen LogP contribution is -2.28. The molecular formula is C16H19N3O3S. The van der Waals surface area contributed by atoms with Crippen LogP contribution in [0.5, 0.6) is 0 Å². The zero-order chi connectivity index (χ0) is 16.7. The van der Waals surface area contributed by atoms with E-state index in [2.05, 4.69) is 15.6 Å². The highest BCUT2D eigenvalue weighted by molar-refractivity contribution is 7.91. The van der Waals surface area contributed by atoms with E-state index in [4.69, 9.17) is 0 Å². The highest BCUT2D eigenvalue weighted by Gasteiger charge is 2.12. The molecule has 122 valence electrons. The maximum Gasteiger partial charge on any atom is 0.319 e. The number of hydrogen-bond donors (Lipinski definition) is 2. The van der Waals surface area contributed by atoms with Gasteiger partial charge in [0, 0.05) is 24.6 Å². The fourth-order valence-corrected chi connectivity index (χ4v) is 3.32. The summed E-state index contributed by atoms with van der Waals surface area (Å²) in [5.74, 6) is 0.116. The molecule has 0 aliphatic carbocycles. The Morgan fingerprint density at radius 1 is 1.17 bits per heavy atom. The minimum atomic E-state index is -3.24. The number of benzene rings is 1. The van der Waals surface area contributed by atoms with Crippen molar-refractivity contribution in [2.75, 3.05) is 11.1 Å². The van der Waals surface area contributed by atoms with Crippen LogP contribution in [0.2, 0.25) is 0 Å². The summed E-state index contributed by atoms with van der Waals surface area (Å²) in [7, 11) is -3.24. The lowest BCUT2D eigenvalue weighted by molar-refractivity contribution is 0.251. The van der Waals surface area contributed by atoms with Gasteiger partial charge in [0.15, 0.2) is 9.84 Å². The maximum atomic E-state index is 11.9. The Morgan fingerprint density at radius 2 is 1.91 bits per heavy atom. The summed E-state index contributed by atoms with van der Waals surface area (Å²) >= 11 is 0. The number of carbonyl (C=O) groups excluding carboxylic acids is 1. The van der Waals surface area contributed by atoms with Crippen molar-refractivity contribution in [3.05, 3.63) is 54.4 Å². The van der Waals surface area contributed by atoms with Gasteiger partial charge in [-0.05, 0) is 42.3 Å². The van der Waals surface area contributed by atoms with Gasteiger partial charge in [-0.1, -0.05) is 13.0 Å². The van der Waals surface area contributed by atoms with Crippen molar-refractivity contribution in [2.45, 2.75) is 24.8 Å². The molecule has 6 nitrogen and oxygen atoms in total. The molecular weight excluding hydrogens is 314 g/mol. The van der Waals surface area contributed by atoms with E-state index in [1.54, 1.807) is 30.6 Å². The summed E-state index contributed by atoms with van der Waals surface area (Å²) in [4.78, 5) is 16.0. The molecule has 23 heavy (non-hydrogen) atoms. The lowest BCUT2D eigenvalue weighted by atomic mass is 10.3. The van der Waals surface area contributed by atoms with E-state index in [1.807, 2.05) is 13.0 Å². The van der Waals surface area contributed by atoms with Crippen LogP contribution in [-0.4, -0.2) is 25.2 Å². The Bertz CT molecular complexity index is 744. The van der Waals surface area contributed by atoms with Crippen LogP contribution in [0.15, 0.2) is 53.7 Å². The number of anilines is 1. The van der Waals surface area contributed by atoms with E-state index < -0.39 is 9.84 Å². The van der Waals surface area contributed by atoms with Crippen LogP contribution < -0.4 is 10.6 Å².